The number of carbonyl (C=O) groups excluding carboxylic acids is 2. The van der Waals surface area contributed by atoms with Crippen molar-refractivity contribution in [3.8, 4) is 0 Å². The van der Waals surface area contributed by atoms with Crippen LogP contribution in [0.15, 0.2) is 78.9 Å². The molecular weight excluding hydrogens is 347 g/mol. The van der Waals surface area contributed by atoms with E-state index < -0.39 is 19.0 Å². The third-order valence-electron chi connectivity index (χ3n) is 4.15. The number of benzene rings is 3. The van der Waals surface area contributed by atoms with Crippen LogP contribution >= 0.6 is 7.14 Å². The Kier molecular flexibility index (Phi) is 4.74. The molecule has 4 N–H and O–H groups in total. The highest BCUT2D eigenvalue weighted by atomic mass is 31.2. The topological polar surface area (TPSA) is 103 Å². The monoisotopic (exact) mass is 364 g/mol. The fourth-order valence-corrected chi connectivity index (χ4v) is 5.38. The van der Waals surface area contributed by atoms with Crippen molar-refractivity contribution in [2.24, 2.45) is 11.5 Å². The minimum atomic E-state index is -3.18. The Morgan fingerprint density at radius 1 is 0.577 bits per heavy atom. The molecular formula is C20H17N2O3P. The maximum absolute atomic E-state index is 14.1. The highest BCUT2D eigenvalue weighted by Gasteiger charge is 2.29. The summed E-state index contributed by atoms with van der Waals surface area (Å²) in [6.45, 7) is 0. The third kappa shape index (κ3) is 3.17. The van der Waals surface area contributed by atoms with Crippen molar-refractivity contribution in [3.63, 3.8) is 0 Å². The summed E-state index contributed by atoms with van der Waals surface area (Å²) in [5.41, 5.74) is 11.3. The van der Waals surface area contributed by atoms with Gasteiger partial charge in [-0.05, 0) is 24.3 Å². The highest BCUT2D eigenvalue weighted by molar-refractivity contribution is 7.85. The minimum absolute atomic E-state index is 0.345. The molecule has 6 heteroatoms. The van der Waals surface area contributed by atoms with Crippen molar-refractivity contribution in [2.75, 3.05) is 0 Å². The van der Waals surface area contributed by atoms with Gasteiger partial charge >= 0.3 is 0 Å². The zero-order valence-corrected chi connectivity index (χ0v) is 14.7. The average Bonchev–Trinajstić information content (AvgIpc) is 2.68. The molecule has 0 saturated heterocycles. The largest absolute Gasteiger partial charge is 0.366 e. The fraction of sp³-hybridized carbons (Fsp3) is 0. The quantitative estimate of drug-likeness (QED) is 0.671. The molecule has 0 fully saturated rings. The number of primary amides is 2. The van der Waals surface area contributed by atoms with Crippen molar-refractivity contribution in [1.82, 2.24) is 0 Å². The molecule has 3 rings (SSSR count). The number of carbonyl (C=O) groups is 2. The van der Waals surface area contributed by atoms with Crippen LogP contribution in [0.3, 0.4) is 0 Å². The zero-order chi connectivity index (χ0) is 18.7. The molecule has 0 atom stereocenters. The lowest BCUT2D eigenvalue weighted by molar-refractivity contribution is 0.0992. The van der Waals surface area contributed by atoms with Crippen molar-refractivity contribution in [2.45, 2.75) is 0 Å². The molecule has 0 spiro atoms. The van der Waals surface area contributed by atoms with Gasteiger partial charge in [0.25, 0.3) is 0 Å². The summed E-state index contributed by atoms with van der Waals surface area (Å²) in [4.78, 5) is 22.6. The summed E-state index contributed by atoms with van der Waals surface area (Å²) in [7, 11) is -3.18. The van der Waals surface area contributed by atoms with Gasteiger partial charge in [-0.1, -0.05) is 54.6 Å². The van der Waals surface area contributed by atoms with Crippen molar-refractivity contribution in [1.29, 1.82) is 0 Å². The van der Waals surface area contributed by atoms with Crippen LogP contribution in [0.4, 0.5) is 0 Å². The van der Waals surface area contributed by atoms with Crippen molar-refractivity contribution in [3.05, 3.63) is 90.0 Å². The third-order valence-corrected chi connectivity index (χ3v) is 7.23. The van der Waals surface area contributed by atoms with Crippen LogP contribution in [0.5, 0.6) is 0 Å². The molecule has 0 saturated carbocycles. The molecule has 2 amide bonds. The summed E-state index contributed by atoms with van der Waals surface area (Å²) in [6.07, 6.45) is 0. The zero-order valence-electron chi connectivity index (χ0n) is 13.8. The summed E-state index contributed by atoms with van der Waals surface area (Å²) in [6, 6.07) is 21.9. The fourth-order valence-electron chi connectivity index (χ4n) is 2.76. The van der Waals surface area contributed by atoms with Gasteiger partial charge in [0.15, 0.2) is 7.14 Å². The minimum Gasteiger partial charge on any atom is -0.366 e. The van der Waals surface area contributed by atoms with E-state index in [0.717, 1.165) is 0 Å². The first-order valence-electron chi connectivity index (χ1n) is 7.89. The standard InChI is InChI=1S/C20H17N2O3P/c21-19(23)14-6-10-17(11-7-14)26(25,16-4-2-1-3-5-16)18-12-8-15(9-13-18)20(22)24/h1-13H,(H2,21,23)(H2,22,24). The summed E-state index contributed by atoms with van der Waals surface area (Å²) >= 11 is 0. The Morgan fingerprint density at radius 3 is 1.27 bits per heavy atom. The average molecular weight is 364 g/mol. The van der Waals surface area contributed by atoms with Crippen LogP contribution in [0.1, 0.15) is 20.7 Å². The first-order chi connectivity index (χ1) is 12.4. The first-order valence-corrected chi connectivity index (χ1v) is 9.60. The molecule has 3 aromatic rings. The Morgan fingerprint density at radius 2 is 0.923 bits per heavy atom. The van der Waals surface area contributed by atoms with Gasteiger partial charge in [-0.2, -0.15) is 0 Å². The maximum Gasteiger partial charge on any atom is 0.248 e. The Balaban J connectivity index is 2.18. The van der Waals surface area contributed by atoms with E-state index in [0.29, 0.717) is 27.0 Å². The summed E-state index contributed by atoms with van der Waals surface area (Å²) < 4.78 is 14.1. The van der Waals surface area contributed by atoms with Gasteiger partial charge in [0.05, 0.1) is 0 Å². The van der Waals surface area contributed by atoms with Gasteiger partial charge in [-0.15, -0.1) is 0 Å². The predicted octanol–water partition coefficient (Wildman–Crippen LogP) is 1.52. The van der Waals surface area contributed by atoms with Gasteiger partial charge in [0.1, 0.15) is 0 Å². The molecule has 0 aliphatic rings. The van der Waals surface area contributed by atoms with E-state index in [-0.39, 0.29) is 0 Å². The second-order valence-electron chi connectivity index (χ2n) is 5.77. The van der Waals surface area contributed by atoms with Crippen LogP contribution in [-0.4, -0.2) is 11.8 Å². The molecule has 0 aromatic heterocycles. The molecule has 0 radical (unpaired) electrons. The number of amides is 2. The predicted molar refractivity (Wildman–Crippen MR) is 103 cm³/mol. The smallest absolute Gasteiger partial charge is 0.248 e. The molecule has 0 bridgehead atoms. The van der Waals surface area contributed by atoms with Gasteiger partial charge in [-0.3, -0.25) is 9.59 Å². The highest BCUT2D eigenvalue weighted by Crippen LogP contribution is 2.42. The molecule has 130 valence electrons. The summed E-state index contributed by atoms with van der Waals surface area (Å²) in [5.74, 6) is -1.09. The molecule has 0 aliphatic heterocycles. The molecule has 0 aliphatic carbocycles. The lowest BCUT2D eigenvalue weighted by Crippen LogP contribution is -2.26. The van der Waals surface area contributed by atoms with Gasteiger partial charge in [0.2, 0.25) is 11.8 Å². The second-order valence-corrected chi connectivity index (χ2v) is 8.53. The van der Waals surface area contributed by atoms with Crippen LogP contribution in [0, 0.1) is 0 Å². The first kappa shape index (κ1) is 17.6. The normalized spacial score (nSPS) is 11.1. The molecule has 5 nitrogen and oxygen atoms in total. The number of hydrogen-bond acceptors (Lipinski definition) is 3. The van der Waals surface area contributed by atoms with Gasteiger partial charge < -0.3 is 16.0 Å². The Labute approximate surface area is 151 Å². The van der Waals surface area contributed by atoms with Gasteiger partial charge in [-0.25, -0.2) is 0 Å². The number of rotatable bonds is 5. The van der Waals surface area contributed by atoms with Gasteiger partial charge in [0, 0.05) is 27.0 Å². The lowest BCUT2D eigenvalue weighted by atomic mass is 10.2. The number of hydrogen-bond donors (Lipinski definition) is 2. The lowest BCUT2D eigenvalue weighted by Gasteiger charge is -2.20. The molecule has 0 heterocycles. The Bertz CT molecular complexity index is 936. The van der Waals surface area contributed by atoms with E-state index in [1.807, 2.05) is 18.2 Å². The molecule has 26 heavy (non-hydrogen) atoms. The number of nitrogens with two attached hydrogens (primary N) is 2. The van der Waals surface area contributed by atoms with Crippen LogP contribution in [0.25, 0.3) is 0 Å². The van der Waals surface area contributed by atoms with Crippen molar-refractivity contribution >= 4 is 34.9 Å². The van der Waals surface area contributed by atoms with Crippen LogP contribution in [0.2, 0.25) is 0 Å². The summed E-state index contributed by atoms with van der Waals surface area (Å²) in [5, 5.41) is 1.79. The van der Waals surface area contributed by atoms with Crippen molar-refractivity contribution < 1.29 is 14.2 Å². The molecule has 0 unspecified atom stereocenters. The maximum atomic E-state index is 14.1. The van der Waals surface area contributed by atoms with E-state index in [1.54, 1.807) is 60.7 Å². The molecule has 3 aromatic carbocycles. The second kappa shape index (κ2) is 6.98. The van der Waals surface area contributed by atoms with E-state index >= 15 is 0 Å². The van der Waals surface area contributed by atoms with E-state index in [2.05, 4.69) is 0 Å². The van der Waals surface area contributed by atoms with E-state index in [1.165, 1.54) is 0 Å². The van der Waals surface area contributed by atoms with E-state index in [9.17, 15) is 14.2 Å². The van der Waals surface area contributed by atoms with Crippen LogP contribution in [-0.2, 0) is 4.57 Å². The van der Waals surface area contributed by atoms with E-state index in [4.69, 9.17) is 11.5 Å². The Hall–Kier alpha value is -3.17. The van der Waals surface area contributed by atoms with Crippen LogP contribution < -0.4 is 27.4 Å². The SMILES string of the molecule is NC(=O)c1ccc(P(=O)(c2ccccc2)c2ccc(C(N)=O)cc2)cc1.